The zero-order valence-corrected chi connectivity index (χ0v) is 19.7. The molecule has 0 bridgehead atoms. The third-order valence-corrected chi connectivity index (χ3v) is 4.58. The largest absolute Gasteiger partial charge is 0.493 e. The molecule has 0 aliphatic rings. The van der Waals surface area contributed by atoms with Gasteiger partial charge >= 0.3 is 0 Å². The second-order valence-corrected chi connectivity index (χ2v) is 7.37. The lowest BCUT2D eigenvalue weighted by atomic mass is 10.1. The Labute approximate surface area is 182 Å². The Morgan fingerprint density at radius 2 is 2.07 bits per heavy atom. The van der Waals surface area contributed by atoms with E-state index in [-0.39, 0.29) is 24.0 Å². The number of thiazole rings is 1. The van der Waals surface area contributed by atoms with E-state index in [0.717, 1.165) is 17.9 Å². The molecule has 0 fully saturated rings. The van der Waals surface area contributed by atoms with Crippen LogP contribution >= 0.6 is 35.3 Å². The van der Waals surface area contributed by atoms with Crippen LogP contribution in [0.2, 0.25) is 0 Å². The molecule has 27 heavy (non-hydrogen) atoms. The summed E-state index contributed by atoms with van der Waals surface area (Å²) in [5.41, 5.74) is 0.878. The van der Waals surface area contributed by atoms with Crippen LogP contribution in [0.1, 0.15) is 30.7 Å². The van der Waals surface area contributed by atoms with Crippen LogP contribution in [-0.2, 0) is 13.0 Å². The number of rotatable bonds is 8. The maximum absolute atomic E-state index is 5.54. The quantitative estimate of drug-likeness (QED) is 0.314. The first-order valence-corrected chi connectivity index (χ1v) is 9.59. The molecule has 6 nitrogen and oxygen atoms in total. The summed E-state index contributed by atoms with van der Waals surface area (Å²) in [6, 6.07) is 5.72. The number of benzene rings is 1. The van der Waals surface area contributed by atoms with Crippen LogP contribution < -0.4 is 20.1 Å². The van der Waals surface area contributed by atoms with E-state index in [1.807, 2.05) is 31.3 Å². The van der Waals surface area contributed by atoms with Crippen molar-refractivity contribution >= 4 is 47.0 Å². The Kier molecular flexibility index (Phi) is 10.5. The molecular formula is C19H29IN4O2S. The first kappa shape index (κ1) is 23.5. The summed E-state index contributed by atoms with van der Waals surface area (Å²) in [5, 5.41) is 7.76. The number of ether oxygens (including phenoxy) is 2. The maximum atomic E-state index is 5.54. The van der Waals surface area contributed by atoms with Crippen molar-refractivity contribution < 1.29 is 9.47 Å². The highest BCUT2D eigenvalue weighted by molar-refractivity contribution is 14.0. The van der Waals surface area contributed by atoms with E-state index >= 15 is 0 Å². The molecular weight excluding hydrogens is 475 g/mol. The van der Waals surface area contributed by atoms with Crippen molar-refractivity contribution in [2.75, 3.05) is 26.1 Å². The first-order chi connectivity index (χ1) is 12.5. The standard InChI is InChI=1S/C19H28N4O2S.HI/c1-6-25-16-8-7-14(10-17(16)24-5)23-19(20-4)22-12-15-11-21-18(26-15)9-13(2)3;/h7-8,10-11,13H,6,9,12H2,1-5H3,(H2,20,22,23);1H. The number of guanidine groups is 1. The summed E-state index contributed by atoms with van der Waals surface area (Å²) >= 11 is 1.74. The molecule has 0 spiro atoms. The summed E-state index contributed by atoms with van der Waals surface area (Å²) in [4.78, 5) is 9.94. The van der Waals surface area contributed by atoms with Crippen molar-refractivity contribution in [3.63, 3.8) is 0 Å². The van der Waals surface area contributed by atoms with Gasteiger partial charge in [-0.25, -0.2) is 4.98 Å². The Bertz CT molecular complexity index is 734. The van der Waals surface area contributed by atoms with Gasteiger partial charge < -0.3 is 20.1 Å². The number of aliphatic imine (C=N–C) groups is 1. The van der Waals surface area contributed by atoms with Crippen molar-refractivity contribution in [1.82, 2.24) is 10.3 Å². The molecule has 8 heteroatoms. The molecule has 0 amide bonds. The molecule has 0 radical (unpaired) electrons. The number of halogens is 1. The highest BCUT2D eigenvalue weighted by Crippen LogP contribution is 2.30. The van der Waals surface area contributed by atoms with Gasteiger partial charge in [-0.15, -0.1) is 35.3 Å². The van der Waals surface area contributed by atoms with Gasteiger partial charge in [0.05, 0.1) is 25.3 Å². The van der Waals surface area contributed by atoms with Gasteiger partial charge in [-0.05, 0) is 25.0 Å². The second kappa shape index (κ2) is 12.0. The fourth-order valence-electron chi connectivity index (χ4n) is 2.38. The lowest BCUT2D eigenvalue weighted by Crippen LogP contribution is -2.29. The minimum atomic E-state index is 0. The minimum Gasteiger partial charge on any atom is -0.493 e. The fourth-order valence-corrected chi connectivity index (χ4v) is 3.45. The molecule has 2 aromatic rings. The van der Waals surface area contributed by atoms with Crippen molar-refractivity contribution in [3.8, 4) is 11.5 Å². The van der Waals surface area contributed by atoms with Gasteiger partial charge in [0.2, 0.25) is 0 Å². The van der Waals surface area contributed by atoms with E-state index in [9.17, 15) is 0 Å². The van der Waals surface area contributed by atoms with E-state index in [2.05, 4.69) is 34.5 Å². The Morgan fingerprint density at radius 1 is 1.30 bits per heavy atom. The normalized spacial score (nSPS) is 11.1. The third kappa shape index (κ3) is 7.53. The summed E-state index contributed by atoms with van der Waals surface area (Å²) in [6.45, 7) is 7.64. The van der Waals surface area contributed by atoms with E-state index in [4.69, 9.17) is 9.47 Å². The summed E-state index contributed by atoms with van der Waals surface area (Å²) in [7, 11) is 3.38. The van der Waals surface area contributed by atoms with Gasteiger partial charge in [0.1, 0.15) is 0 Å². The van der Waals surface area contributed by atoms with Crippen LogP contribution in [0, 0.1) is 5.92 Å². The third-order valence-electron chi connectivity index (χ3n) is 3.56. The molecule has 0 aliphatic heterocycles. The van der Waals surface area contributed by atoms with Crippen molar-refractivity contribution in [3.05, 3.63) is 34.3 Å². The number of aromatic nitrogens is 1. The topological polar surface area (TPSA) is 67.8 Å². The molecule has 150 valence electrons. The highest BCUT2D eigenvalue weighted by atomic mass is 127. The van der Waals surface area contributed by atoms with Crippen LogP contribution in [0.15, 0.2) is 29.4 Å². The minimum absolute atomic E-state index is 0. The number of hydrogen-bond donors (Lipinski definition) is 2. The second-order valence-electron chi connectivity index (χ2n) is 6.17. The van der Waals surface area contributed by atoms with Crippen molar-refractivity contribution in [2.24, 2.45) is 10.9 Å². The van der Waals surface area contributed by atoms with E-state index < -0.39 is 0 Å². The maximum Gasteiger partial charge on any atom is 0.195 e. The zero-order valence-electron chi connectivity index (χ0n) is 16.5. The molecule has 0 saturated heterocycles. The number of nitrogens with one attached hydrogen (secondary N) is 2. The predicted octanol–water partition coefficient (Wildman–Crippen LogP) is 4.55. The van der Waals surface area contributed by atoms with E-state index in [1.54, 1.807) is 25.5 Å². The lowest BCUT2D eigenvalue weighted by molar-refractivity contribution is 0.311. The lowest BCUT2D eigenvalue weighted by Gasteiger charge is -2.14. The van der Waals surface area contributed by atoms with Crippen LogP contribution in [0.4, 0.5) is 5.69 Å². The van der Waals surface area contributed by atoms with Crippen LogP contribution in [0.5, 0.6) is 11.5 Å². The molecule has 1 aromatic carbocycles. The molecule has 0 unspecified atom stereocenters. The van der Waals surface area contributed by atoms with Gasteiger partial charge in [0, 0.05) is 36.3 Å². The number of methoxy groups -OCH3 is 1. The van der Waals surface area contributed by atoms with Crippen LogP contribution in [0.25, 0.3) is 0 Å². The summed E-state index contributed by atoms with van der Waals surface area (Å²) in [5.74, 6) is 2.72. The SMILES string of the molecule is CCOc1ccc(NC(=NC)NCc2cnc(CC(C)C)s2)cc1OC.I. The van der Waals surface area contributed by atoms with Gasteiger partial charge in [-0.1, -0.05) is 13.8 Å². The Morgan fingerprint density at radius 3 is 2.70 bits per heavy atom. The zero-order chi connectivity index (χ0) is 18.9. The summed E-state index contributed by atoms with van der Waals surface area (Å²) in [6.07, 6.45) is 2.95. The van der Waals surface area contributed by atoms with Crippen LogP contribution in [-0.4, -0.2) is 31.7 Å². The number of hydrogen-bond acceptors (Lipinski definition) is 5. The van der Waals surface area contributed by atoms with Gasteiger partial charge in [0.15, 0.2) is 17.5 Å². The van der Waals surface area contributed by atoms with Gasteiger partial charge in [-0.2, -0.15) is 0 Å². The fraction of sp³-hybridized carbons (Fsp3) is 0.474. The van der Waals surface area contributed by atoms with Gasteiger partial charge in [-0.3, -0.25) is 4.99 Å². The van der Waals surface area contributed by atoms with Gasteiger partial charge in [0.25, 0.3) is 0 Å². The first-order valence-electron chi connectivity index (χ1n) is 8.77. The molecule has 0 atom stereocenters. The average molecular weight is 504 g/mol. The Hall–Kier alpha value is -1.55. The summed E-state index contributed by atoms with van der Waals surface area (Å²) < 4.78 is 10.9. The predicted molar refractivity (Wildman–Crippen MR) is 124 cm³/mol. The highest BCUT2D eigenvalue weighted by Gasteiger charge is 2.08. The smallest absolute Gasteiger partial charge is 0.195 e. The van der Waals surface area contributed by atoms with Crippen molar-refractivity contribution in [1.29, 1.82) is 0 Å². The number of anilines is 1. The molecule has 0 aliphatic carbocycles. The van der Waals surface area contributed by atoms with E-state index in [1.165, 1.54) is 9.88 Å². The average Bonchev–Trinajstić information content (AvgIpc) is 3.06. The molecule has 2 N–H and O–H groups in total. The van der Waals surface area contributed by atoms with E-state index in [0.29, 0.717) is 30.8 Å². The molecule has 0 saturated carbocycles. The molecule has 1 heterocycles. The monoisotopic (exact) mass is 504 g/mol. The molecule has 1 aromatic heterocycles. The van der Waals surface area contributed by atoms with Crippen LogP contribution in [0.3, 0.4) is 0 Å². The molecule has 2 rings (SSSR count). The van der Waals surface area contributed by atoms with Crippen molar-refractivity contribution in [2.45, 2.75) is 33.7 Å². The number of nitrogens with zero attached hydrogens (tertiary/aromatic N) is 2. The Balaban J connectivity index is 0.00000364.